The third-order valence-electron chi connectivity index (χ3n) is 4.75. The van der Waals surface area contributed by atoms with Gasteiger partial charge in [0.15, 0.2) is 0 Å². The van der Waals surface area contributed by atoms with Gasteiger partial charge in [0.25, 0.3) is 0 Å². The fourth-order valence-corrected chi connectivity index (χ4v) is 3.65. The van der Waals surface area contributed by atoms with Crippen molar-refractivity contribution in [3.8, 4) is 0 Å². The molecule has 21 heavy (non-hydrogen) atoms. The van der Waals surface area contributed by atoms with E-state index < -0.39 is 0 Å². The first-order valence-corrected chi connectivity index (χ1v) is 8.37. The lowest BCUT2D eigenvalue weighted by molar-refractivity contribution is -0.122. The van der Waals surface area contributed by atoms with Gasteiger partial charge in [0.05, 0.1) is 0 Å². The van der Waals surface area contributed by atoms with E-state index >= 15 is 0 Å². The normalized spacial score (nSPS) is 28.0. The summed E-state index contributed by atoms with van der Waals surface area (Å²) in [5.74, 6) is 0.815. The Balaban J connectivity index is 1.53. The van der Waals surface area contributed by atoms with E-state index in [0.717, 1.165) is 32.7 Å². The lowest BCUT2D eigenvalue weighted by Crippen LogP contribution is -2.40. The van der Waals surface area contributed by atoms with E-state index in [1.165, 1.54) is 25.7 Å². The molecule has 2 fully saturated rings. The second kappa shape index (κ2) is 8.71. The summed E-state index contributed by atoms with van der Waals surface area (Å²) in [7, 11) is 3.82. The fourth-order valence-electron chi connectivity index (χ4n) is 3.65. The molecule has 2 bridgehead atoms. The standard InChI is InChI=1S/C16H31N3O2/c1-19(7-3-9-21-2)8-6-17-16(20)12-13-10-14-4-5-15(11-13)18-14/h13-15,18H,3-12H2,1-2H3,(H,17,20). The van der Waals surface area contributed by atoms with Crippen LogP contribution in [-0.4, -0.2) is 63.3 Å². The molecule has 5 heteroatoms. The van der Waals surface area contributed by atoms with E-state index in [9.17, 15) is 4.79 Å². The molecule has 2 N–H and O–H groups in total. The van der Waals surface area contributed by atoms with Crippen molar-refractivity contribution in [2.75, 3.05) is 40.4 Å². The topological polar surface area (TPSA) is 53.6 Å². The highest BCUT2D eigenvalue weighted by molar-refractivity contribution is 5.76. The Labute approximate surface area is 128 Å². The van der Waals surface area contributed by atoms with Gasteiger partial charge in [-0.15, -0.1) is 0 Å². The second-order valence-corrected chi connectivity index (χ2v) is 6.68. The molecular weight excluding hydrogens is 266 g/mol. The van der Waals surface area contributed by atoms with Crippen molar-refractivity contribution in [2.45, 2.75) is 50.6 Å². The molecule has 2 unspecified atom stereocenters. The zero-order chi connectivity index (χ0) is 15.1. The number of ether oxygens (including phenoxy) is 1. The molecule has 0 aromatic carbocycles. The summed E-state index contributed by atoms with van der Waals surface area (Å²) < 4.78 is 5.04. The monoisotopic (exact) mass is 297 g/mol. The van der Waals surface area contributed by atoms with Gasteiger partial charge in [0, 0.05) is 51.9 Å². The van der Waals surface area contributed by atoms with Gasteiger partial charge in [-0.05, 0) is 45.1 Å². The van der Waals surface area contributed by atoms with Crippen LogP contribution >= 0.6 is 0 Å². The first-order valence-electron chi connectivity index (χ1n) is 8.37. The van der Waals surface area contributed by atoms with Crippen LogP contribution in [-0.2, 0) is 9.53 Å². The molecular formula is C16H31N3O2. The van der Waals surface area contributed by atoms with Crippen LogP contribution in [0.1, 0.15) is 38.5 Å². The first kappa shape index (κ1) is 16.7. The quantitative estimate of drug-likeness (QED) is 0.623. The molecule has 2 aliphatic heterocycles. The minimum Gasteiger partial charge on any atom is -0.385 e. The Morgan fingerprint density at radius 1 is 1.29 bits per heavy atom. The van der Waals surface area contributed by atoms with Crippen molar-refractivity contribution in [2.24, 2.45) is 5.92 Å². The smallest absolute Gasteiger partial charge is 0.220 e. The predicted octanol–water partition coefficient (Wildman–Crippen LogP) is 0.992. The Hall–Kier alpha value is -0.650. The summed E-state index contributed by atoms with van der Waals surface area (Å²) in [6.45, 7) is 3.48. The van der Waals surface area contributed by atoms with E-state index in [1.807, 2.05) is 0 Å². The van der Waals surface area contributed by atoms with Crippen molar-refractivity contribution in [3.05, 3.63) is 0 Å². The molecule has 1 amide bonds. The molecule has 2 rings (SSSR count). The van der Waals surface area contributed by atoms with Gasteiger partial charge >= 0.3 is 0 Å². The highest BCUT2D eigenvalue weighted by atomic mass is 16.5. The molecule has 0 aliphatic carbocycles. The minimum absolute atomic E-state index is 0.228. The van der Waals surface area contributed by atoms with Crippen molar-refractivity contribution in [3.63, 3.8) is 0 Å². The van der Waals surface area contributed by atoms with Crippen LogP contribution in [0.5, 0.6) is 0 Å². The number of likely N-dealkylation sites (N-methyl/N-ethyl adjacent to an activating group) is 1. The van der Waals surface area contributed by atoms with Crippen molar-refractivity contribution in [1.29, 1.82) is 0 Å². The number of methoxy groups -OCH3 is 1. The summed E-state index contributed by atoms with van der Waals surface area (Å²) in [6, 6.07) is 1.35. The van der Waals surface area contributed by atoms with Crippen molar-refractivity contribution in [1.82, 2.24) is 15.5 Å². The molecule has 2 atom stereocenters. The maximum Gasteiger partial charge on any atom is 0.220 e. The van der Waals surface area contributed by atoms with Crippen LogP contribution in [0.4, 0.5) is 0 Å². The first-order chi connectivity index (χ1) is 10.2. The second-order valence-electron chi connectivity index (χ2n) is 6.68. The maximum atomic E-state index is 12.0. The molecule has 2 saturated heterocycles. The fraction of sp³-hybridized carbons (Fsp3) is 0.938. The number of fused-ring (bicyclic) bond motifs is 2. The third kappa shape index (κ3) is 5.93. The Morgan fingerprint density at radius 3 is 2.67 bits per heavy atom. The number of amides is 1. The number of rotatable bonds is 9. The van der Waals surface area contributed by atoms with E-state index in [0.29, 0.717) is 24.4 Å². The SMILES string of the molecule is COCCCN(C)CCNC(=O)CC1CC2CCC(C1)N2. The zero-order valence-corrected chi connectivity index (χ0v) is 13.6. The van der Waals surface area contributed by atoms with Gasteiger partial charge in [0.2, 0.25) is 5.91 Å². The van der Waals surface area contributed by atoms with Crippen LogP contribution < -0.4 is 10.6 Å². The minimum atomic E-state index is 0.228. The van der Waals surface area contributed by atoms with Crippen molar-refractivity contribution >= 4 is 5.91 Å². The molecule has 0 radical (unpaired) electrons. The van der Waals surface area contributed by atoms with Gasteiger partial charge in [-0.2, -0.15) is 0 Å². The number of carbonyl (C=O) groups is 1. The predicted molar refractivity (Wildman–Crippen MR) is 84.3 cm³/mol. The highest BCUT2D eigenvalue weighted by Crippen LogP contribution is 2.32. The lowest BCUT2D eigenvalue weighted by Gasteiger charge is -2.28. The van der Waals surface area contributed by atoms with Crippen LogP contribution in [0.25, 0.3) is 0 Å². The number of hydrogen-bond acceptors (Lipinski definition) is 4. The molecule has 0 aromatic heterocycles. The maximum absolute atomic E-state index is 12.0. The van der Waals surface area contributed by atoms with Crippen LogP contribution in [0, 0.1) is 5.92 Å². The summed E-state index contributed by atoms with van der Waals surface area (Å²) in [4.78, 5) is 14.3. The molecule has 122 valence electrons. The van der Waals surface area contributed by atoms with E-state index in [-0.39, 0.29) is 5.91 Å². The Morgan fingerprint density at radius 2 is 2.00 bits per heavy atom. The highest BCUT2D eigenvalue weighted by Gasteiger charge is 2.33. The van der Waals surface area contributed by atoms with Crippen LogP contribution in [0.15, 0.2) is 0 Å². The van der Waals surface area contributed by atoms with Crippen molar-refractivity contribution < 1.29 is 9.53 Å². The molecule has 2 heterocycles. The molecule has 2 aliphatic rings. The molecule has 0 saturated carbocycles. The van der Waals surface area contributed by atoms with Crippen LogP contribution in [0.2, 0.25) is 0 Å². The summed E-state index contributed by atoms with van der Waals surface area (Å²) in [5, 5.41) is 6.70. The average Bonchev–Trinajstić information content (AvgIpc) is 2.78. The molecule has 5 nitrogen and oxygen atoms in total. The summed E-state index contributed by atoms with van der Waals surface area (Å²) >= 11 is 0. The zero-order valence-electron chi connectivity index (χ0n) is 13.6. The van der Waals surface area contributed by atoms with E-state index in [4.69, 9.17) is 4.74 Å². The molecule has 0 aromatic rings. The third-order valence-corrected chi connectivity index (χ3v) is 4.75. The summed E-state index contributed by atoms with van der Waals surface area (Å²) in [6.07, 6.45) is 6.71. The van der Waals surface area contributed by atoms with Gasteiger partial charge < -0.3 is 20.3 Å². The number of nitrogens with zero attached hydrogens (tertiary/aromatic N) is 1. The van der Waals surface area contributed by atoms with E-state index in [2.05, 4.69) is 22.6 Å². The number of carbonyl (C=O) groups excluding carboxylic acids is 1. The van der Waals surface area contributed by atoms with Gasteiger partial charge in [-0.3, -0.25) is 4.79 Å². The largest absolute Gasteiger partial charge is 0.385 e. The molecule has 0 spiro atoms. The number of hydrogen-bond donors (Lipinski definition) is 2. The summed E-state index contributed by atoms with van der Waals surface area (Å²) in [5.41, 5.74) is 0. The Kier molecular flexibility index (Phi) is 6.93. The Bertz CT molecular complexity index is 313. The van der Waals surface area contributed by atoms with E-state index in [1.54, 1.807) is 7.11 Å². The number of nitrogens with one attached hydrogen (secondary N) is 2. The number of piperidine rings is 1. The van der Waals surface area contributed by atoms with Gasteiger partial charge in [-0.1, -0.05) is 0 Å². The van der Waals surface area contributed by atoms with Gasteiger partial charge in [-0.25, -0.2) is 0 Å². The lowest BCUT2D eigenvalue weighted by atomic mass is 9.89. The average molecular weight is 297 g/mol. The van der Waals surface area contributed by atoms with Gasteiger partial charge in [0.1, 0.15) is 0 Å². The van der Waals surface area contributed by atoms with Crippen LogP contribution in [0.3, 0.4) is 0 Å².